The first-order valence-electron chi connectivity index (χ1n) is 11.0. The van der Waals surface area contributed by atoms with E-state index in [1.165, 1.54) is 5.56 Å². The number of nitrogens with one attached hydrogen (secondary N) is 1. The molecule has 1 heterocycles. The molecule has 1 fully saturated rings. The number of carbonyl (C=O) groups excluding carboxylic acids is 2. The first-order valence-corrected chi connectivity index (χ1v) is 11.0. The van der Waals surface area contributed by atoms with Gasteiger partial charge in [-0.25, -0.2) is 0 Å². The summed E-state index contributed by atoms with van der Waals surface area (Å²) >= 11 is 0. The number of ether oxygens (including phenoxy) is 2. The minimum Gasteiger partial charge on any atom is -0.497 e. The summed E-state index contributed by atoms with van der Waals surface area (Å²) < 4.78 is 10.8. The zero-order valence-electron chi connectivity index (χ0n) is 19.4. The monoisotopic (exact) mass is 439 g/mol. The molecule has 1 N–H and O–H groups in total. The molecule has 2 aromatic rings. The Labute approximate surface area is 190 Å². The molecule has 1 aliphatic heterocycles. The van der Waals surface area contributed by atoms with Gasteiger partial charge in [-0.3, -0.25) is 14.5 Å². The molecule has 3 rings (SSSR count). The fraction of sp³-hybridized carbons (Fsp3) is 0.440. The summed E-state index contributed by atoms with van der Waals surface area (Å²) in [5, 5.41) is 2.90. The molecule has 2 amide bonds. The van der Waals surface area contributed by atoms with Crippen molar-refractivity contribution >= 4 is 11.8 Å². The molecule has 2 aromatic carbocycles. The molecule has 1 aliphatic rings. The summed E-state index contributed by atoms with van der Waals surface area (Å²) in [7, 11) is 5.01. The lowest BCUT2D eigenvalue weighted by molar-refractivity contribution is -0.138. The van der Waals surface area contributed by atoms with Crippen LogP contribution in [0.2, 0.25) is 0 Å². The van der Waals surface area contributed by atoms with Crippen molar-refractivity contribution in [3.63, 3.8) is 0 Å². The second-order valence-corrected chi connectivity index (χ2v) is 8.08. The van der Waals surface area contributed by atoms with E-state index in [4.69, 9.17) is 9.47 Å². The van der Waals surface area contributed by atoms with Crippen LogP contribution in [-0.2, 0) is 29.1 Å². The van der Waals surface area contributed by atoms with Gasteiger partial charge in [-0.05, 0) is 23.6 Å². The van der Waals surface area contributed by atoms with Gasteiger partial charge < -0.3 is 19.7 Å². The third kappa shape index (κ3) is 5.79. The van der Waals surface area contributed by atoms with Gasteiger partial charge in [0, 0.05) is 44.9 Å². The van der Waals surface area contributed by atoms with Crippen LogP contribution < -0.4 is 14.8 Å². The molecule has 1 atom stereocenters. The maximum atomic E-state index is 13.0. The number of benzene rings is 2. The zero-order valence-corrected chi connectivity index (χ0v) is 19.4. The summed E-state index contributed by atoms with van der Waals surface area (Å²) in [6.07, 6.45) is 1.12. The van der Waals surface area contributed by atoms with Gasteiger partial charge in [-0.1, -0.05) is 37.3 Å². The maximum absolute atomic E-state index is 13.0. The average Bonchev–Trinajstić information content (AvgIpc) is 2.81. The van der Waals surface area contributed by atoms with Crippen LogP contribution >= 0.6 is 0 Å². The molecular formula is C25H33N3O4. The van der Waals surface area contributed by atoms with Gasteiger partial charge in [0.1, 0.15) is 11.5 Å². The smallest absolute Gasteiger partial charge is 0.237 e. The highest BCUT2D eigenvalue weighted by Gasteiger charge is 2.33. The lowest BCUT2D eigenvalue weighted by Crippen LogP contribution is -2.56. The first kappa shape index (κ1) is 23.6. The Balaban J connectivity index is 1.68. The average molecular weight is 440 g/mol. The van der Waals surface area contributed by atoms with Crippen LogP contribution in [0.15, 0.2) is 42.5 Å². The first-order chi connectivity index (χ1) is 15.4. The molecule has 0 saturated carbocycles. The number of hydrogen-bond donors (Lipinski definition) is 1. The molecule has 32 heavy (non-hydrogen) atoms. The van der Waals surface area contributed by atoms with Crippen LogP contribution in [0, 0.1) is 0 Å². The number of carbonyl (C=O) groups is 2. The molecule has 7 heteroatoms. The van der Waals surface area contributed by atoms with Gasteiger partial charge in [0.15, 0.2) is 0 Å². The van der Waals surface area contributed by atoms with E-state index in [1.54, 1.807) is 26.2 Å². The van der Waals surface area contributed by atoms with E-state index in [2.05, 4.69) is 36.5 Å². The van der Waals surface area contributed by atoms with Gasteiger partial charge in [0.25, 0.3) is 0 Å². The number of rotatable bonds is 9. The van der Waals surface area contributed by atoms with E-state index >= 15 is 0 Å². The third-order valence-corrected chi connectivity index (χ3v) is 5.95. The molecule has 7 nitrogen and oxygen atoms in total. The zero-order chi connectivity index (χ0) is 23.1. The van der Waals surface area contributed by atoms with Crippen LogP contribution in [0.4, 0.5) is 0 Å². The number of amides is 2. The van der Waals surface area contributed by atoms with Crippen LogP contribution in [0.1, 0.15) is 30.0 Å². The molecular weight excluding hydrogens is 406 g/mol. The van der Waals surface area contributed by atoms with E-state index in [9.17, 15) is 9.59 Å². The maximum Gasteiger partial charge on any atom is 0.237 e. The van der Waals surface area contributed by atoms with E-state index < -0.39 is 6.04 Å². The Morgan fingerprint density at radius 3 is 2.50 bits per heavy atom. The second kappa shape index (κ2) is 11.0. The summed E-state index contributed by atoms with van der Waals surface area (Å²) in [5.74, 6) is 1.24. The van der Waals surface area contributed by atoms with Gasteiger partial charge in [-0.15, -0.1) is 0 Å². The van der Waals surface area contributed by atoms with Crippen molar-refractivity contribution in [3.05, 3.63) is 59.2 Å². The fourth-order valence-electron chi connectivity index (χ4n) is 3.94. The summed E-state index contributed by atoms with van der Waals surface area (Å²) in [5.41, 5.74) is 3.29. The van der Waals surface area contributed by atoms with Crippen molar-refractivity contribution in [2.75, 3.05) is 34.4 Å². The minimum absolute atomic E-state index is 0.0571. The Hall–Kier alpha value is -3.06. The van der Waals surface area contributed by atoms with Crippen molar-refractivity contribution in [2.45, 2.75) is 38.9 Å². The fourth-order valence-corrected chi connectivity index (χ4v) is 3.94. The molecule has 0 aromatic heterocycles. The lowest BCUT2D eigenvalue weighted by Gasteiger charge is -2.35. The molecule has 0 bridgehead atoms. The topological polar surface area (TPSA) is 71.1 Å². The number of piperazine rings is 1. The Morgan fingerprint density at radius 1 is 1.12 bits per heavy atom. The Bertz CT molecular complexity index is 929. The summed E-state index contributed by atoms with van der Waals surface area (Å²) in [4.78, 5) is 29.4. The molecule has 0 spiro atoms. The van der Waals surface area contributed by atoms with E-state index in [-0.39, 0.29) is 18.2 Å². The Kier molecular flexibility index (Phi) is 8.11. The predicted molar refractivity (Wildman–Crippen MR) is 124 cm³/mol. The highest BCUT2D eigenvalue weighted by atomic mass is 16.5. The Morgan fingerprint density at radius 2 is 1.84 bits per heavy atom. The second-order valence-electron chi connectivity index (χ2n) is 8.08. The lowest BCUT2D eigenvalue weighted by atomic mass is 10.0. The summed E-state index contributed by atoms with van der Waals surface area (Å²) in [6, 6.07) is 13.4. The van der Waals surface area contributed by atoms with Crippen molar-refractivity contribution in [2.24, 2.45) is 0 Å². The van der Waals surface area contributed by atoms with E-state index in [0.717, 1.165) is 17.5 Å². The highest BCUT2D eigenvalue weighted by Crippen LogP contribution is 2.27. The standard InChI is InChI=1S/C25H33N3O4/c1-5-18-6-8-19(9-7-18)16-27(2)24(29)15-22-25(30)26-12-13-28(22)17-20-10-11-21(31-3)14-23(20)32-4/h6-11,14,22H,5,12-13,15-17H2,1-4H3,(H,26,30). The quantitative estimate of drug-likeness (QED) is 0.650. The molecule has 0 aliphatic carbocycles. The number of hydrogen-bond acceptors (Lipinski definition) is 5. The largest absolute Gasteiger partial charge is 0.497 e. The van der Waals surface area contributed by atoms with Crippen LogP contribution in [0.3, 0.4) is 0 Å². The van der Waals surface area contributed by atoms with Crippen LogP contribution in [0.25, 0.3) is 0 Å². The van der Waals surface area contributed by atoms with Gasteiger partial charge in [-0.2, -0.15) is 0 Å². The van der Waals surface area contributed by atoms with Crippen LogP contribution in [-0.4, -0.2) is 62.0 Å². The van der Waals surface area contributed by atoms with Crippen LogP contribution in [0.5, 0.6) is 11.5 Å². The van der Waals surface area contributed by atoms with E-state index in [1.807, 2.05) is 23.1 Å². The van der Waals surface area contributed by atoms with Crippen molar-refractivity contribution in [3.8, 4) is 11.5 Å². The van der Waals surface area contributed by atoms with Gasteiger partial charge in [0.2, 0.25) is 11.8 Å². The molecule has 1 unspecified atom stereocenters. The van der Waals surface area contributed by atoms with Gasteiger partial charge in [0.05, 0.1) is 26.7 Å². The van der Waals surface area contributed by atoms with Crippen molar-refractivity contribution in [1.29, 1.82) is 0 Å². The third-order valence-electron chi connectivity index (χ3n) is 5.95. The number of aryl methyl sites for hydroxylation is 1. The minimum atomic E-state index is -0.520. The highest BCUT2D eigenvalue weighted by molar-refractivity contribution is 5.88. The van der Waals surface area contributed by atoms with Gasteiger partial charge >= 0.3 is 0 Å². The molecule has 172 valence electrons. The predicted octanol–water partition coefficient (Wildman–Crippen LogP) is 2.62. The number of nitrogens with zero attached hydrogens (tertiary/aromatic N) is 2. The van der Waals surface area contributed by atoms with E-state index in [0.29, 0.717) is 37.7 Å². The number of methoxy groups -OCH3 is 2. The SMILES string of the molecule is CCc1ccc(CN(C)C(=O)CC2C(=O)NCCN2Cc2ccc(OC)cc2OC)cc1. The summed E-state index contributed by atoms with van der Waals surface area (Å²) in [6.45, 7) is 4.38. The molecule has 0 radical (unpaired) electrons. The normalized spacial score (nSPS) is 16.4. The van der Waals surface area contributed by atoms with Crippen molar-refractivity contribution in [1.82, 2.24) is 15.1 Å². The molecule has 1 saturated heterocycles. The van der Waals surface area contributed by atoms with Crippen molar-refractivity contribution < 1.29 is 19.1 Å².